The van der Waals surface area contributed by atoms with E-state index in [0.717, 1.165) is 0 Å². The van der Waals surface area contributed by atoms with Gasteiger partial charge < -0.3 is 28.5 Å². The summed E-state index contributed by atoms with van der Waals surface area (Å²) in [7, 11) is -0.866. The predicted octanol–water partition coefficient (Wildman–Crippen LogP) is 2.18. The van der Waals surface area contributed by atoms with Gasteiger partial charge in [-0.25, -0.2) is 0 Å². The van der Waals surface area contributed by atoms with Crippen molar-refractivity contribution in [2.24, 2.45) is 0 Å². The lowest BCUT2D eigenvalue weighted by molar-refractivity contribution is -0.225. The number of hydrogen-bond donors (Lipinski definition) is 1. The molecule has 0 aromatic rings. The molecule has 0 saturated carbocycles. The Hall–Kier alpha value is -0.513. The SMILES string of the molecule is COC(=O)C[C@H](O)[C@H]1O[C@@H]2OC(C)(C)O[C@@H]2[C@H]1O[Si](C)(C)C(C)(C)C. The molecule has 8 heteroatoms. The first-order valence-corrected chi connectivity index (χ1v) is 11.6. The Kier molecular flexibility index (Phi) is 5.74. The first-order valence-electron chi connectivity index (χ1n) is 8.71. The molecule has 2 heterocycles. The third-order valence-corrected chi connectivity index (χ3v) is 9.72. The van der Waals surface area contributed by atoms with Crippen molar-refractivity contribution in [1.29, 1.82) is 0 Å². The zero-order chi connectivity index (χ0) is 19.2. The number of carbonyl (C=O) groups excluding carboxylic acids is 1. The van der Waals surface area contributed by atoms with E-state index in [4.69, 9.17) is 18.6 Å². The van der Waals surface area contributed by atoms with Crippen LogP contribution in [0.3, 0.4) is 0 Å². The molecule has 0 unspecified atom stereocenters. The number of hydrogen-bond acceptors (Lipinski definition) is 7. The van der Waals surface area contributed by atoms with E-state index in [1.807, 2.05) is 13.8 Å². The van der Waals surface area contributed by atoms with Gasteiger partial charge in [0.1, 0.15) is 18.3 Å². The molecule has 2 rings (SSSR count). The molecule has 2 aliphatic heterocycles. The van der Waals surface area contributed by atoms with Crippen LogP contribution in [0.2, 0.25) is 18.1 Å². The quantitative estimate of drug-likeness (QED) is 0.581. The number of rotatable bonds is 5. The number of fused-ring (bicyclic) bond motifs is 1. The molecule has 0 aliphatic carbocycles. The Bertz CT molecular complexity index is 500. The Morgan fingerprint density at radius 1 is 1.28 bits per heavy atom. The highest BCUT2D eigenvalue weighted by molar-refractivity contribution is 6.74. The highest BCUT2D eigenvalue weighted by Crippen LogP contribution is 2.44. The van der Waals surface area contributed by atoms with Crippen LogP contribution in [0.5, 0.6) is 0 Å². The zero-order valence-corrected chi connectivity index (χ0v) is 17.5. The van der Waals surface area contributed by atoms with Gasteiger partial charge in [0, 0.05) is 0 Å². The molecular formula is C17H32O7Si. The first-order chi connectivity index (χ1) is 11.3. The van der Waals surface area contributed by atoms with Crippen molar-refractivity contribution >= 4 is 14.3 Å². The van der Waals surface area contributed by atoms with E-state index in [-0.39, 0.29) is 11.5 Å². The maximum absolute atomic E-state index is 11.5. The molecule has 1 N–H and O–H groups in total. The fourth-order valence-corrected chi connectivity index (χ4v) is 4.14. The van der Waals surface area contributed by atoms with Gasteiger partial charge in [0.25, 0.3) is 0 Å². The molecule has 0 bridgehead atoms. The number of ether oxygens (including phenoxy) is 4. The summed E-state index contributed by atoms with van der Waals surface area (Å²) in [5, 5.41) is 10.5. The third-order valence-electron chi connectivity index (χ3n) is 5.25. The maximum atomic E-state index is 11.5. The van der Waals surface area contributed by atoms with Crippen LogP contribution >= 0.6 is 0 Å². The number of esters is 1. The molecule has 0 amide bonds. The Balaban J connectivity index is 2.23. The molecule has 7 nitrogen and oxygen atoms in total. The highest BCUT2D eigenvalue weighted by Gasteiger charge is 2.59. The lowest BCUT2D eigenvalue weighted by atomic mass is 10.0. The number of aliphatic hydroxyl groups is 1. The van der Waals surface area contributed by atoms with Gasteiger partial charge in [-0.1, -0.05) is 20.8 Å². The van der Waals surface area contributed by atoms with Crippen molar-refractivity contribution in [3.63, 3.8) is 0 Å². The van der Waals surface area contributed by atoms with E-state index in [2.05, 4.69) is 38.6 Å². The van der Waals surface area contributed by atoms with Gasteiger partial charge in [0.2, 0.25) is 0 Å². The normalized spacial score (nSPS) is 33.2. The Morgan fingerprint density at radius 2 is 1.88 bits per heavy atom. The van der Waals surface area contributed by atoms with Crippen LogP contribution < -0.4 is 0 Å². The van der Waals surface area contributed by atoms with E-state index in [1.54, 1.807) is 0 Å². The van der Waals surface area contributed by atoms with Gasteiger partial charge in [-0.2, -0.15) is 0 Å². The summed E-state index contributed by atoms with van der Waals surface area (Å²) in [4.78, 5) is 11.5. The van der Waals surface area contributed by atoms with Crippen LogP contribution in [0.25, 0.3) is 0 Å². The van der Waals surface area contributed by atoms with Crippen LogP contribution in [0.4, 0.5) is 0 Å². The summed E-state index contributed by atoms with van der Waals surface area (Å²) in [5.41, 5.74) is 0. The van der Waals surface area contributed by atoms with Gasteiger partial charge >= 0.3 is 5.97 Å². The summed E-state index contributed by atoms with van der Waals surface area (Å²) in [5.74, 6) is -1.27. The number of carbonyl (C=O) groups is 1. The second-order valence-electron chi connectivity index (χ2n) is 8.76. The molecule has 0 radical (unpaired) electrons. The topological polar surface area (TPSA) is 83.5 Å². The van der Waals surface area contributed by atoms with Gasteiger partial charge in [-0.15, -0.1) is 0 Å². The van der Waals surface area contributed by atoms with Crippen molar-refractivity contribution in [1.82, 2.24) is 0 Å². The van der Waals surface area contributed by atoms with Crippen molar-refractivity contribution < 1.29 is 33.3 Å². The van der Waals surface area contributed by atoms with Crippen molar-refractivity contribution in [2.75, 3.05) is 7.11 Å². The fraction of sp³-hybridized carbons (Fsp3) is 0.941. The molecule has 0 aromatic heterocycles. The van der Waals surface area contributed by atoms with Crippen LogP contribution in [0.1, 0.15) is 41.0 Å². The minimum Gasteiger partial charge on any atom is -0.469 e. The van der Waals surface area contributed by atoms with Gasteiger partial charge in [0.05, 0.1) is 19.6 Å². The summed E-state index contributed by atoms with van der Waals surface area (Å²) >= 11 is 0. The van der Waals surface area contributed by atoms with Crippen molar-refractivity contribution in [3.05, 3.63) is 0 Å². The smallest absolute Gasteiger partial charge is 0.308 e. The lowest BCUT2D eigenvalue weighted by Gasteiger charge is -2.41. The maximum Gasteiger partial charge on any atom is 0.308 e. The second kappa shape index (κ2) is 6.90. The van der Waals surface area contributed by atoms with E-state index >= 15 is 0 Å². The summed E-state index contributed by atoms with van der Waals surface area (Å²) < 4.78 is 28.8. The molecule has 2 aliphatic rings. The first kappa shape index (κ1) is 20.8. The molecule has 2 saturated heterocycles. The van der Waals surface area contributed by atoms with Crippen molar-refractivity contribution in [3.8, 4) is 0 Å². The van der Waals surface area contributed by atoms with Crippen LogP contribution in [-0.4, -0.2) is 63.0 Å². The van der Waals surface area contributed by atoms with Gasteiger partial charge in [-0.05, 0) is 32.0 Å². The van der Waals surface area contributed by atoms with Crippen LogP contribution in [0, 0.1) is 0 Å². The number of methoxy groups -OCH3 is 1. The Morgan fingerprint density at radius 3 is 2.40 bits per heavy atom. The lowest BCUT2D eigenvalue weighted by Crippen LogP contribution is -2.52. The zero-order valence-electron chi connectivity index (χ0n) is 16.5. The molecule has 146 valence electrons. The van der Waals surface area contributed by atoms with Crippen LogP contribution in [0.15, 0.2) is 0 Å². The fourth-order valence-electron chi connectivity index (χ4n) is 2.84. The summed E-state index contributed by atoms with van der Waals surface area (Å²) in [6.45, 7) is 14.3. The van der Waals surface area contributed by atoms with E-state index in [9.17, 15) is 9.90 Å². The standard InChI is InChI=1S/C17H32O7Si/c1-16(2,3)25(7,8)24-13-12(10(18)9-11(19)20-6)21-15-14(13)22-17(4,5)23-15/h10,12-15,18H,9H2,1-8H3/t10-,12+,13-,14+,15+/m0/s1. The van der Waals surface area contributed by atoms with E-state index in [1.165, 1.54) is 7.11 Å². The summed E-state index contributed by atoms with van der Waals surface area (Å²) in [6, 6.07) is 0. The van der Waals surface area contributed by atoms with Crippen molar-refractivity contribution in [2.45, 2.75) is 95.7 Å². The highest BCUT2D eigenvalue weighted by atomic mass is 28.4. The van der Waals surface area contributed by atoms with Crippen LogP contribution in [-0.2, 0) is 28.2 Å². The predicted molar refractivity (Wildman–Crippen MR) is 93.4 cm³/mol. The molecule has 25 heavy (non-hydrogen) atoms. The van der Waals surface area contributed by atoms with E-state index in [0.29, 0.717) is 0 Å². The average molecular weight is 377 g/mol. The number of aliphatic hydroxyl groups excluding tert-OH is 1. The Labute approximate surface area is 151 Å². The summed E-state index contributed by atoms with van der Waals surface area (Å²) in [6.07, 6.45) is -3.50. The average Bonchev–Trinajstić information content (AvgIpc) is 2.90. The molecule has 0 spiro atoms. The molecule has 2 fully saturated rings. The van der Waals surface area contributed by atoms with Gasteiger partial charge in [0.15, 0.2) is 20.4 Å². The third kappa shape index (κ3) is 4.43. The second-order valence-corrected chi connectivity index (χ2v) is 13.5. The van der Waals surface area contributed by atoms with Gasteiger partial charge in [-0.3, -0.25) is 4.79 Å². The molecule has 5 atom stereocenters. The van der Waals surface area contributed by atoms with E-state index < -0.39 is 50.8 Å². The minimum absolute atomic E-state index is 0.0160. The minimum atomic E-state index is -2.15. The molecular weight excluding hydrogens is 344 g/mol. The largest absolute Gasteiger partial charge is 0.469 e. The monoisotopic (exact) mass is 376 g/mol. The molecule has 0 aromatic carbocycles.